The molecule has 0 radical (unpaired) electrons. The van der Waals surface area contributed by atoms with E-state index >= 15 is 0 Å². The van der Waals surface area contributed by atoms with Crippen molar-refractivity contribution >= 4 is 23.7 Å². The Kier molecular flexibility index (Phi) is 4.36. The van der Waals surface area contributed by atoms with Gasteiger partial charge in [-0.05, 0) is 24.7 Å². The van der Waals surface area contributed by atoms with Gasteiger partial charge in [-0.2, -0.15) is 0 Å². The van der Waals surface area contributed by atoms with E-state index in [9.17, 15) is 9.59 Å². The summed E-state index contributed by atoms with van der Waals surface area (Å²) < 4.78 is 2.29. The molecule has 2 unspecified atom stereocenters. The minimum Gasteiger partial charge on any atom is -0.270 e. The molecule has 3 heterocycles. The highest BCUT2D eigenvalue weighted by atomic mass is 16.2. The lowest BCUT2D eigenvalue weighted by Gasteiger charge is -2.33. The SMILES string of the molecule is CC(C)CN1C(=[N+]2CCCC(C)C2)N=C2C1C(=O)N(C)C(=O)N2C. The molecule has 0 aromatic rings. The summed E-state index contributed by atoms with van der Waals surface area (Å²) in [5.41, 5.74) is 0. The normalized spacial score (nSPS) is 31.1. The highest BCUT2D eigenvalue weighted by molar-refractivity contribution is 6.25. The summed E-state index contributed by atoms with van der Waals surface area (Å²) in [5.74, 6) is 2.26. The molecule has 2 fully saturated rings. The van der Waals surface area contributed by atoms with Crippen LogP contribution in [0.3, 0.4) is 0 Å². The number of amidine groups is 1. The molecule has 0 aromatic heterocycles. The summed E-state index contributed by atoms with van der Waals surface area (Å²) in [7, 11) is 3.25. The van der Waals surface area contributed by atoms with E-state index in [0.29, 0.717) is 17.7 Å². The van der Waals surface area contributed by atoms with Gasteiger partial charge in [0.2, 0.25) is 11.9 Å². The van der Waals surface area contributed by atoms with Crippen LogP contribution in [0.4, 0.5) is 4.79 Å². The molecule has 3 amide bonds. The molecule has 0 saturated carbocycles. The molecular formula is C17H28N5O2+. The van der Waals surface area contributed by atoms with Crippen molar-refractivity contribution in [2.75, 3.05) is 33.7 Å². The second kappa shape index (κ2) is 6.18. The fourth-order valence-electron chi connectivity index (χ4n) is 3.79. The van der Waals surface area contributed by atoms with Crippen LogP contribution < -0.4 is 0 Å². The van der Waals surface area contributed by atoms with E-state index in [2.05, 4.69) is 30.2 Å². The summed E-state index contributed by atoms with van der Waals surface area (Å²) in [6.45, 7) is 9.19. The smallest absolute Gasteiger partial charge is 0.270 e. The van der Waals surface area contributed by atoms with Gasteiger partial charge in [0, 0.05) is 14.1 Å². The van der Waals surface area contributed by atoms with Crippen molar-refractivity contribution < 1.29 is 14.2 Å². The minimum atomic E-state index is -0.479. The van der Waals surface area contributed by atoms with Gasteiger partial charge in [0.05, 0.1) is 19.6 Å². The number of amides is 3. The van der Waals surface area contributed by atoms with Crippen LogP contribution in [0, 0.1) is 11.8 Å². The molecule has 0 N–H and O–H groups in total. The lowest BCUT2D eigenvalue weighted by atomic mass is 10.0. The van der Waals surface area contributed by atoms with Gasteiger partial charge in [-0.1, -0.05) is 25.8 Å². The van der Waals surface area contributed by atoms with Crippen molar-refractivity contribution in [1.82, 2.24) is 14.7 Å². The molecular weight excluding hydrogens is 306 g/mol. The average Bonchev–Trinajstić information content (AvgIpc) is 2.89. The zero-order valence-corrected chi connectivity index (χ0v) is 15.3. The predicted octanol–water partition coefficient (Wildman–Crippen LogP) is 1.05. The largest absolute Gasteiger partial charge is 0.392 e. The van der Waals surface area contributed by atoms with Crippen LogP contribution >= 0.6 is 0 Å². The number of likely N-dealkylation sites (N-methyl/N-ethyl adjacent to an activating group) is 2. The monoisotopic (exact) mass is 334 g/mol. The van der Waals surface area contributed by atoms with E-state index < -0.39 is 6.04 Å². The maximum atomic E-state index is 12.8. The van der Waals surface area contributed by atoms with Crippen LogP contribution in [0.15, 0.2) is 4.99 Å². The third-order valence-corrected chi connectivity index (χ3v) is 5.01. The fourth-order valence-corrected chi connectivity index (χ4v) is 3.79. The number of piperidine rings is 1. The van der Waals surface area contributed by atoms with E-state index in [0.717, 1.165) is 32.0 Å². The van der Waals surface area contributed by atoms with Crippen molar-refractivity contribution in [1.29, 1.82) is 0 Å². The van der Waals surface area contributed by atoms with Gasteiger partial charge in [0.15, 0.2) is 0 Å². The van der Waals surface area contributed by atoms with Crippen molar-refractivity contribution in [3.05, 3.63) is 0 Å². The Morgan fingerprint density at radius 2 is 1.96 bits per heavy atom. The zero-order valence-electron chi connectivity index (χ0n) is 15.3. The van der Waals surface area contributed by atoms with Gasteiger partial charge in [-0.3, -0.25) is 19.2 Å². The lowest BCUT2D eigenvalue weighted by Crippen LogP contribution is -2.63. The second-order valence-corrected chi connectivity index (χ2v) is 7.65. The Morgan fingerprint density at radius 1 is 1.25 bits per heavy atom. The maximum absolute atomic E-state index is 12.8. The van der Waals surface area contributed by atoms with Gasteiger partial charge in [0.25, 0.3) is 5.91 Å². The molecule has 2 atom stereocenters. The Hall–Kier alpha value is -1.92. The number of carbonyl (C=O) groups is 2. The highest BCUT2D eigenvalue weighted by Gasteiger charge is 2.55. The number of aliphatic imine (C=N–C) groups is 1. The summed E-state index contributed by atoms with van der Waals surface area (Å²) in [6.07, 6.45) is 2.37. The fraction of sp³-hybridized carbons (Fsp3) is 0.765. The third kappa shape index (κ3) is 2.70. The van der Waals surface area contributed by atoms with Gasteiger partial charge < -0.3 is 0 Å². The first-order valence-electron chi connectivity index (χ1n) is 8.83. The molecule has 7 nitrogen and oxygen atoms in total. The number of imide groups is 1. The number of carbonyl (C=O) groups excluding carboxylic acids is 2. The van der Waals surface area contributed by atoms with Crippen LogP contribution in [-0.4, -0.2) is 82.8 Å². The van der Waals surface area contributed by atoms with E-state index in [1.807, 2.05) is 0 Å². The van der Waals surface area contributed by atoms with E-state index in [4.69, 9.17) is 4.99 Å². The van der Waals surface area contributed by atoms with Crippen molar-refractivity contribution in [3.8, 4) is 0 Å². The van der Waals surface area contributed by atoms with Crippen LogP contribution in [0.2, 0.25) is 0 Å². The molecule has 3 aliphatic heterocycles. The first-order valence-corrected chi connectivity index (χ1v) is 8.83. The summed E-state index contributed by atoms with van der Waals surface area (Å²) in [4.78, 5) is 34.6. The minimum absolute atomic E-state index is 0.183. The quantitative estimate of drug-likeness (QED) is 0.709. The summed E-state index contributed by atoms with van der Waals surface area (Å²) in [5, 5.41) is 0. The zero-order chi connectivity index (χ0) is 17.6. The van der Waals surface area contributed by atoms with Crippen molar-refractivity contribution in [2.45, 2.75) is 39.7 Å². The molecule has 7 heteroatoms. The molecule has 2 saturated heterocycles. The predicted molar refractivity (Wildman–Crippen MR) is 92.1 cm³/mol. The first-order chi connectivity index (χ1) is 11.3. The number of nitrogens with zero attached hydrogens (tertiary/aromatic N) is 5. The maximum Gasteiger partial charge on any atom is 0.392 e. The van der Waals surface area contributed by atoms with Gasteiger partial charge in [0.1, 0.15) is 0 Å². The molecule has 0 aliphatic carbocycles. The van der Waals surface area contributed by atoms with Gasteiger partial charge >= 0.3 is 12.0 Å². The summed E-state index contributed by atoms with van der Waals surface area (Å²) in [6, 6.07) is -0.792. The average molecular weight is 334 g/mol. The molecule has 3 rings (SSSR count). The molecule has 0 spiro atoms. The Bertz CT molecular complexity index is 624. The van der Waals surface area contributed by atoms with E-state index in [-0.39, 0.29) is 11.9 Å². The Morgan fingerprint density at radius 3 is 2.58 bits per heavy atom. The molecule has 3 aliphatic rings. The third-order valence-electron chi connectivity index (χ3n) is 5.01. The van der Waals surface area contributed by atoms with Crippen LogP contribution in [0.1, 0.15) is 33.6 Å². The van der Waals surface area contributed by atoms with Crippen molar-refractivity contribution in [3.63, 3.8) is 0 Å². The molecule has 0 aromatic carbocycles. The van der Waals surface area contributed by atoms with Gasteiger partial charge in [-0.15, -0.1) is 0 Å². The van der Waals surface area contributed by atoms with E-state index in [1.54, 1.807) is 14.1 Å². The van der Waals surface area contributed by atoms with Crippen molar-refractivity contribution in [2.24, 2.45) is 16.8 Å². The Labute approximate surface area is 143 Å². The Balaban J connectivity index is 2.05. The molecule has 24 heavy (non-hydrogen) atoms. The number of hydrogen-bond donors (Lipinski definition) is 0. The van der Waals surface area contributed by atoms with Crippen LogP contribution in [-0.2, 0) is 4.79 Å². The lowest BCUT2D eigenvalue weighted by molar-refractivity contribution is -0.550. The highest BCUT2D eigenvalue weighted by Crippen LogP contribution is 2.25. The molecule has 132 valence electrons. The number of rotatable bonds is 2. The van der Waals surface area contributed by atoms with E-state index in [1.165, 1.54) is 16.2 Å². The van der Waals surface area contributed by atoms with Crippen LogP contribution in [0.25, 0.3) is 0 Å². The second-order valence-electron chi connectivity index (χ2n) is 7.65. The van der Waals surface area contributed by atoms with Crippen LogP contribution in [0.5, 0.6) is 0 Å². The standard InChI is InChI=1S/C17H28N5O2/c1-11(2)9-22-13-14(19(4)17(24)20(5)15(13)23)18-16(22)21-8-6-7-12(3)10-21/h11-13H,6-10H2,1-5H3/q+1. The number of urea groups is 1. The van der Waals surface area contributed by atoms with Gasteiger partial charge in [-0.25, -0.2) is 9.69 Å². The number of fused-ring (bicyclic) bond motifs is 1. The first kappa shape index (κ1) is 16.9. The molecule has 0 bridgehead atoms. The number of hydrogen-bond acceptors (Lipinski definition) is 2. The topological polar surface area (TPSA) is 59.2 Å². The summed E-state index contributed by atoms with van der Waals surface area (Å²) >= 11 is 0. The number of guanidine groups is 1.